The lowest BCUT2D eigenvalue weighted by molar-refractivity contribution is 0.416. The fourth-order valence-electron chi connectivity index (χ4n) is 1.98. The predicted octanol–water partition coefficient (Wildman–Crippen LogP) is 3.08. The van der Waals surface area contributed by atoms with Crippen molar-refractivity contribution in [3.8, 4) is 5.75 Å². The highest BCUT2D eigenvalue weighted by atomic mass is 32.2. The second-order valence-electron chi connectivity index (χ2n) is 4.69. The molecule has 0 radical (unpaired) electrons. The number of anilines is 1. The number of hydrogen-bond donors (Lipinski definition) is 1. The quantitative estimate of drug-likeness (QED) is 0.923. The SMILES string of the molecule is COc1ccc(F)cc1NS(=O)(=O)Cc1cccc(C)c1. The van der Waals surface area contributed by atoms with E-state index in [1.807, 2.05) is 13.0 Å². The van der Waals surface area contributed by atoms with Crippen LogP contribution < -0.4 is 9.46 Å². The summed E-state index contributed by atoms with van der Waals surface area (Å²) in [6, 6.07) is 10.9. The molecule has 0 fully saturated rings. The normalized spacial score (nSPS) is 11.2. The summed E-state index contributed by atoms with van der Waals surface area (Å²) in [7, 11) is -2.26. The number of aryl methyl sites for hydroxylation is 1. The summed E-state index contributed by atoms with van der Waals surface area (Å²) in [5, 5.41) is 0. The zero-order valence-corrected chi connectivity index (χ0v) is 12.6. The third-order valence-electron chi connectivity index (χ3n) is 2.87. The van der Waals surface area contributed by atoms with Crippen molar-refractivity contribution in [1.82, 2.24) is 0 Å². The van der Waals surface area contributed by atoms with E-state index in [1.54, 1.807) is 18.2 Å². The summed E-state index contributed by atoms with van der Waals surface area (Å²) in [4.78, 5) is 0. The summed E-state index contributed by atoms with van der Waals surface area (Å²) in [5.74, 6) is -0.456. The maximum Gasteiger partial charge on any atom is 0.237 e. The Bertz CT molecular complexity index is 744. The predicted molar refractivity (Wildman–Crippen MR) is 80.4 cm³/mol. The van der Waals surface area contributed by atoms with Crippen LogP contribution in [-0.4, -0.2) is 15.5 Å². The van der Waals surface area contributed by atoms with Crippen molar-refractivity contribution in [3.63, 3.8) is 0 Å². The van der Waals surface area contributed by atoms with Gasteiger partial charge in [0.2, 0.25) is 10.0 Å². The van der Waals surface area contributed by atoms with Gasteiger partial charge in [0.1, 0.15) is 11.6 Å². The largest absolute Gasteiger partial charge is 0.495 e. The number of halogens is 1. The van der Waals surface area contributed by atoms with Gasteiger partial charge >= 0.3 is 0 Å². The molecule has 0 heterocycles. The van der Waals surface area contributed by atoms with E-state index in [4.69, 9.17) is 4.74 Å². The molecule has 0 atom stereocenters. The first-order chi connectivity index (χ1) is 9.89. The van der Waals surface area contributed by atoms with Crippen LogP contribution >= 0.6 is 0 Å². The van der Waals surface area contributed by atoms with Gasteiger partial charge in [-0.15, -0.1) is 0 Å². The number of methoxy groups -OCH3 is 1. The van der Waals surface area contributed by atoms with E-state index in [-0.39, 0.29) is 17.2 Å². The average Bonchev–Trinajstić information content (AvgIpc) is 2.37. The Morgan fingerprint density at radius 3 is 2.62 bits per heavy atom. The smallest absolute Gasteiger partial charge is 0.237 e. The third-order valence-corrected chi connectivity index (χ3v) is 4.11. The van der Waals surface area contributed by atoms with Crippen molar-refractivity contribution >= 4 is 15.7 Å². The molecule has 0 spiro atoms. The van der Waals surface area contributed by atoms with E-state index in [1.165, 1.54) is 19.2 Å². The Morgan fingerprint density at radius 1 is 1.19 bits per heavy atom. The first-order valence-electron chi connectivity index (χ1n) is 6.29. The van der Waals surface area contributed by atoms with E-state index in [9.17, 15) is 12.8 Å². The van der Waals surface area contributed by atoms with Gasteiger partial charge < -0.3 is 4.74 Å². The molecule has 0 saturated carbocycles. The Kier molecular flexibility index (Phi) is 4.47. The molecule has 0 amide bonds. The molecule has 0 aliphatic rings. The highest BCUT2D eigenvalue weighted by molar-refractivity contribution is 7.91. The zero-order valence-electron chi connectivity index (χ0n) is 11.8. The highest BCUT2D eigenvalue weighted by Crippen LogP contribution is 2.26. The van der Waals surface area contributed by atoms with E-state index >= 15 is 0 Å². The average molecular weight is 309 g/mol. The third kappa shape index (κ3) is 4.19. The second-order valence-corrected chi connectivity index (χ2v) is 6.42. The molecular formula is C15H16FNO3S. The highest BCUT2D eigenvalue weighted by Gasteiger charge is 2.15. The van der Waals surface area contributed by atoms with Gasteiger partial charge in [0.25, 0.3) is 0 Å². The van der Waals surface area contributed by atoms with Gasteiger partial charge in [-0.05, 0) is 24.6 Å². The molecule has 0 aromatic heterocycles. The van der Waals surface area contributed by atoms with Crippen LogP contribution in [0.4, 0.5) is 10.1 Å². The molecule has 21 heavy (non-hydrogen) atoms. The second kappa shape index (κ2) is 6.13. The van der Waals surface area contributed by atoms with Crippen molar-refractivity contribution in [2.24, 2.45) is 0 Å². The topological polar surface area (TPSA) is 55.4 Å². The van der Waals surface area contributed by atoms with Gasteiger partial charge in [-0.3, -0.25) is 4.72 Å². The van der Waals surface area contributed by atoms with E-state index in [0.29, 0.717) is 5.56 Å². The van der Waals surface area contributed by atoms with Crippen LogP contribution in [0.1, 0.15) is 11.1 Å². The van der Waals surface area contributed by atoms with Crippen LogP contribution in [0.2, 0.25) is 0 Å². The standard InChI is InChI=1S/C15H16FNO3S/c1-11-4-3-5-12(8-11)10-21(18,19)17-14-9-13(16)6-7-15(14)20-2/h3-9,17H,10H2,1-2H3. The van der Waals surface area contributed by atoms with Crippen LogP contribution in [0.3, 0.4) is 0 Å². The van der Waals surface area contributed by atoms with Crippen LogP contribution in [0, 0.1) is 12.7 Å². The summed E-state index contributed by atoms with van der Waals surface area (Å²) in [6.45, 7) is 1.89. The Balaban J connectivity index is 2.23. The maximum atomic E-state index is 13.2. The fraction of sp³-hybridized carbons (Fsp3) is 0.200. The lowest BCUT2D eigenvalue weighted by atomic mass is 10.2. The van der Waals surface area contributed by atoms with Crippen molar-refractivity contribution in [3.05, 3.63) is 59.4 Å². The molecule has 0 unspecified atom stereocenters. The molecule has 0 saturated heterocycles. The van der Waals surface area contributed by atoms with Crippen molar-refractivity contribution in [1.29, 1.82) is 0 Å². The van der Waals surface area contributed by atoms with Crippen molar-refractivity contribution in [2.45, 2.75) is 12.7 Å². The molecule has 4 nitrogen and oxygen atoms in total. The molecule has 6 heteroatoms. The molecular weight excluding hydrogens is 293 g/mol. The molecule has 2 rings (SSSR count). The molecule has 2 aromatic carbocycles. The number of nitrogens with one attached hydrogen (secondary N) is 1. The monoisotopic (exact) mass is 309 g/mol. The van der Waals surface area contributed by atoms with Crippen LogP contribution in [-0.2, 0) is 15.8 Å². The summed E-state index contributed by atoms with van der Waals surface area (Å²) in [5.41, 5.74) is 1.73. The van der Waals surface area contributed by atoms with Crippen LogP contribution in [0.15, 0.2) is 42.5 Å². The molecule has 0 aliphatic carbocycles. The minimum absolute atomic E-state index is 0.0881. The number of hydrogen-bond acceptors (Lipinski definition) is 3. The van der Waals surface area contributed by atoms with Crippen LogP contribution in [0.5, 0.6) is 5.75 Å². The number of ether oxygens (including phenoxy) is 1. The molecule has 0 bridgehead atoms. The molecule has 0 aliphatic heterocycles. The summed E-state index contributed by atoms with van der Waals surface area (Å²) in [6.07, 6.45) is 0. The lowest BCUT2D eigenvalue weighted by Crippen LogP contribution is -2.15. The number of rotatable bonds is 5. The van der Waals surface area contributed by atoms with Crippen molar-refractivity contribution < 1.29 is 17.5 Å². The van der Waals surface area contributed by atoms with E-state index in [0.717, 1.165) is 11.6 Å². The summed E-state index contributed by atoms with van der Waals surface area (Å²) < 4.78 is 45.0. The van der Waals surface area contributed by atoms with E-state index in [2.05, 4.69) is 4.72 Å². The minimum Gasteiger partial charge on any atom is -0.495 e. The van der Waals surface area contributed by atoms with Crippen LogP contribution in [0.25, 0.3) is 0 Å². The van der Waals surface area contributed by atoms with Gasteiger partial charge in [0.05, 0.1) is 18.6 Å². The van der Waals surface area contributed by atoms with Gasteiger partial charge in [0, 0.05) is 6.07 Å². The van der Waals surface area contributed by atoms with Gasteiger partial charge in [-0.1, -0.05) is 29.8 Å². The minimum atomic E-state index is -3.65. The van der Waals surface area contributed by atoms with Gasteiger partial charge in [0.15, 0.2) is 0 Å². The maximum absolute atomic E-state index is 13.2. The first kappa shape index (κ1) is 15.3. The van der Waals surface area contributed by atoms with Crippen molar-refractivity contribution in [2.75, 3.05) is 11.8 Å². The van der Waals surface area contributed by atoms with Gasteiger partial charge in [-0.2, -0.15) is 0 Å². The Labute approximate surface area is 123 Å². The molecule has 2 aromatic rings. The lowest BCUT2D eigenvalue weighted by Gasteiger charge is -2.12. The first-order valence-corrected chi connectivity index (χ1v) is 7.94. The Hall–Kier alpha value is -2.08. The summed E-state index contributed by atoms with van der Waals surface area (Å²) >= 11 is 0. The van der Waals surface area contributed by atoms with Gasteiger partial charge in [-0.25, -0.2) is 12.8 Å². The molecule has 112 valence electrons. The van der Waals surface area contributed by atoms with E-state index < -0.39 is 15.8 Å². The fourth-order valence-corrected chi connectivity index (χ4v) is 3.17. The Morgan fingerprint density at radius 2 is 1.95 bits per heavy atom. The number of sulfonamides is 1. The zero-order chi connectivity index (χ0) is 15.5. The number of benzene rings is 2. The molecule has 1 N–H and O–H groups in total.